The first kappa shape index (κ1) is 16.4. The summed E-state index contributed by atoms with van der Waals surface area (Å²) in [6.07, 6.45) is 4.70. The van der Waals surface area contributed by atoms with Crippen LogP contribution in [0, 0.1) is 0 Å². The smallest absolute Gasteiger partial charge is 0.258 e. The molecule has 1 atom stereocenters. The van der Waals surface area contributed by atoms with Crippen LogP contribution < -0.4 is 20.1 Å². The largest absolute Gasteiger partial charge is 0.493 e. The van der Waals surface area contributed by atoms with Crippen molar-refractivity contribution in [2.75, 3.05) is 26.8 Å². The normalized spacial score (nSPS) is 17.6. The molecule has 1 unspecified atom stereocenters. The van der Waals surface area contributed by atoms with Gasteiger partial charge >= 0.3 is 0 Å². The topological polar surface area (TPSA) is 59.6 Å². The first-order valence-corrected chi connectivity index (χ1v) is 7.63. The molecule has 1 aromatic carbocycles. The fourth-order valence-corrected chi connectivity index (χ4v) is 2.51. The van der Waals surface area contributed by atoms with E-state index in [1.807, 2.05) is 24.3 Å². The van der Waals surface area contributed by atoms with Crippen LogP contribution in [0.4, 0.5) is 0 Å². The van der Waals surface area contributed by atoms with E-state index in [0.717, 1.165) is 37.9 Å². The maximum atomic E-state index is 11.9. The number of allylic oxidation sites excluding steroid dienone is 1. The molecule has 1 saturated heterocycles. The molecular formula is C17H24N2O3. The lowest BCUT2D eigenvalue weighted by Gasteiger charge is -2.23. The van der Waals surface area contributed by atoms with Crippen molar-refractivity contribution in [1.82, 2.24) is 10.6 Å². The van der Waals surface area contributed by atoms with E-state index in [0.29, 0.717) is 11.5 Å². The zero-order valence-corrected chi connectivity index (χ0v) is 13.1. The molecule has 0 aliphatic carbocycles. The summed E-state index contributed by atoms with van der Waals surface area (Å²) in [5.41, 5.74) is 1.09. The first-order chi connectivity index (χ1) is 10.7. The number of carbonyl (C=O) groups excluding carboxylic acids is 1. The van der Waals surface area contributed by atoms with E-state index in [-0.39, 0.29) is 18.6 Å². The van der Waals surface area contributed by atoms with Crippen LogP contribution in [0.25, 0.3) is 0 Å². The van der Waals surface area contributed by atoms with Crippen molar-refractivity contribution in [3.63, 3.8) is 0 Å². The number of hydrogen-bond acceptors (Lipinski definition) is 4. The van der Waals surface area contributed by atoms with Crippen LogP contribution in [-0.4, -0.2) is 38.8 Å². The lowest BCUT2D eigenvalue weighted by molar-refractivity contribution is -0.123. The molecule has 0 spiro atoms. The van der Waals surface area contributed by atoms with E-state index in [1.165, 1.54) is 0 Å². The number of piperidine rings is 1. The Morgan fingerprint density at radius 3 is 3.05 bits per heavy atom. The molecule has 1 aromatic rings. The van der Waals surface area contributed by atoms with E-state index >= 15 is 0 Å². The maximum Gasteiger partial charge on any atom is 0.258 e. The Kier molecular flexibility index (Phi) is 6.27. The highest BCUT2D eigenvalue weighted by molar-refractivity contribution is 5.78. The number of rotatable bonds is 7. The number of nitrogens with one attached hydrogen (secondary N) is 2. The molecule has 1 heterocycles. The van der Waals surface area contributed by atoms with Crippen LogP contribution in [0.2, 0.25) is 0 Å². The van der Waals surface area contributed by atoms with Gasteiger partial charge in [-0.15, -0.1) is 6.58 Å². The molecular weight excluding hydrogens is 280 g/mol. The van der Waals surface area contributed by atoms with E-state index in [9.17, 15) is 4.79 Å². The van der Waals surface area contributed by atoms with Crippen LogP contribution in [0.3, 0.4) is 0 Å². The lowest BCUT2D eigenvalue weighted by Crippen LogP contribution is -2.47. The first-order valence-electron chi connectivity index (χ1n) is 7.63. The predicted octanol–water partition coefficient (Wildman–Crippen LogP) is 1.67. The minimum atomic E-state index is -0.106. The SMILES string of the molecule is C=CCc1ccc(OCC(=O)NC2CCCNC2)c(OC)c1. The quantitative estimate of drug-likeness (QED) is 0.752. The van der Waals surface area contributed by atoms with Crippen molar-refractivity contribution < 1.29 is 14.3 Å². The average Bonchev–Trinajstić information content (AvgIpc) is 2.54. The average molecular weight is 304 g/mol. The van der Waals surface area contributed by atoms with Gasteiger partial charge in [-0.3, -0.25) is 4.79 Å². The van der Waals surface area contributed by atoms with Crippen molar-refractivity contribution in [2.24, 2.45) is 0 Å². The molecule has 0 saturated carbocycles. The number of carbonyl (C=O) groups is 1. The summed E-state index contributed by atoms with van der Waals surface area (Å²) in [5.74, 6) is 1.10. The summed E-state index contributed by atoms with van der Waals surface area (Å²) in [4.78, 5) is 11.9. The number of methoxy groups -OCH3 is 1. The van der Waals surface area contributed by atoms with E-state index in [1.54, 1.807) is 7.11 Å². The molecule has 1 fully saturated rings. The Labute approximate surface area is 131 Å². The second-order valence-electron chi connectivity index (χ2n) is 5.38. The molecule has 0 bridgehead atoms. The molecule has 0 radical (unpaired) electrons. The van der Waals surface area contributed by atoms with Gasteiger partial charge in [-0.25, -0.2) is 0 Å². The zero-order valence-electron chi connectivity index (χ0n) is 13.1. The van der Waals surface area contributed by atoms with Crippen LogP contribution >= 0.6 is 0 Å². The summed E-state index contributed by atoms with van der Waals surface area (Å²) in [5, 5.41) is 6.24. The number of amides is 1. The fraction of sp³-hybridized carbons (Fsp3) is 0.471. The second kappa shape index (κ2) is 8.44. The Balaban J connectivity index is 1.87. The molecule has 1 aliphatic heterocycles. The van der Waals surface area contributed by atoms with Crippen LogP contribution in [0.5, 0.6) is 11.5 Å². The molecule has 2 N–H and O–H groups in total. The van der Waals surface area contributed by atoms with E-state index < -0.39 is 0 Å². The lowest BCUT2D eigenvalue weighted by atomic mass is 10.1. The van der Waals surface area contributed by atoms with Gasteiger partial charge in [0.05, 0.1) is 7.11 Å². The molecule has 0 aromatic heterocycles. The molecule has 5 nitrogen and oxygen atoms in total. The fourth-order valence-electron chi connectivity index (χ4n) is 2.51. The highest BCUT2D eigenvalue weighted by atomic mass is 16.5. The van der Waals surface area contributed by atoms with Crippen molar-refractivity contribution in [1.29, 1.82) is 0 Å². The Bertz CT molecular complexity index is 511. The summed E-state index contributed by atoms with van der Waals surface area (Å²) in [6.45, 7) is 5.56. The highest BCUT2D eigenvalue weighted by Gasteiger charge is 2.16. The Hall–Kier alpha value is -2.01. The van der Waals surface area contributed by atoms with Gasteiger partial charge in [0.15, 0.2) is 18.1 Å². The van der Waals surface area contributed by atoms with Crippen molar-refractivity contribution in [2.45, 2.75) is 25.3 Å². The molecule has 120 valence electrons. The summed E-state index contributed by atoms with van der Waals surface area (Å²) in [6, 6.07) is 5.87. The van der Waals surface area contributed by atoms with Crippen LogP contribution in [0.15, 0.2) is 30.9 Å². The standard InChI is InChI=1S/C17H24N2O3/c1-3-5-13-7-8-15(16(10-13)21-2)22-12-17(20)19-14-6-4-9-18-11-14/h3,7-8,10,14,18H,1,4-6,9,11-12H2,2H3,(H,19,20). The molecule has 22 heavy (non-hydrogen) atoms. The van der Waals surface area contributed by atoms with Crippen LogP contribution in [-0.2, 0) is 11.2 Å². The van der Waals surface area contributed by atoms with Crippen LogP contribution in [0.1, 0.15) is 18.4 Å². The number of benzene rings is 1. The van der Waals surface area contributed by atoms with E-state index in [4.69, 9.17) is 9.47 Å². The van der Waals surface area contributed by atoms with Gasteiger partial charge in [-0.1, -0.05) is 12.1 Å². The van der Waals surface area contributed by atoms with Gasteiger partial charge in [-0.05, 0) is 43.5 Å². The second-order valence-corrected chi connectivity index (χ2v) is 5.38. The number of ether oxygens (including phenoxy) is 2. The third-order valence-corrected chi connectivity index (χ3v) is 3.63. The Morgan fingerprint density at radius 1 is 1.50 bits per heavy atom. The van der Waals surface area contributed by atoms with Gasteiger partial charge in [0.1, 0.15) is 0 Å². The highest BCUT2D eigenvalue weighted by Crippen LogP contribution is 2.28. The summed E-state index contributed by atoms with van der Waals surface area (Å²) >= 11 is 0. The van der Waals surface area contributed by atoms with E-state index in [2.05, 4.69) is 17.2 Å². The number of hydrogen-bond donors (Lipinski definition) is 2. The summed E-state index contributed by atoms with van der Waals surface area (Å²) in [7, 11) is 1.59. The summed E-state index contributed by atoms with van der Waals surface area (Å²) < 4.78 is 10.9. The minimum Gasteiger partial charge on any atom is -0.493 e. The molecule has 1 amide bonds. The predicted molar refractivity (Wildman–Crippen MR) is 86.4 cm³/mol. The van der Waals surface area contributed by atoms with Gasteiger partial charge in [0.25, 0.3) is 5.91 Å². The Morgan fingerprint density at radius 2 is 2.36 bits per heavy atom. The van der Waals surface area contributed by atoms with Crippen molar-refractivity contribution in [3.8, 4) is 11.5 Å². The van der Waals surface area contributed by atoms with Gasteiger partial charge < -0.3 is 20.1 Å². The maximum absolute atomic E-state index is 11.9. The minimum absolute atomic E-state index is 0.00628. The third-order valence-electron chi connectivity index (χ3n) is 3.63. The van der Waals surface area contributed by atoms with Gasteiger partial charge in [-0.2, -0.15) is 0 Å². The van der Waals surface area contributed by atoms with Crippen molar-refractivity contribution in [3.05, 3.63) is 36.4 Å². The third kappa shape index (κ3) is 4.77. The molecule has 1 aliphatic rings. The zero-order chi connectivity index (χ0) is 15.8. The molecule has 5 heteroatoms. The van der Waals surface area contributed by atoms with Gasteiger partial charge in [0, 0.05) is 12.6 Å². The monoisotopic (exact) mass is 304 g/mol. The molecule has 2 rings (SSSR count). The van der Waals surface area contributed by atoms with Gasteiger partial charge in [0.2, 0.25) is 0 Å². The van der Waals surface area contributed by atoms with Crippen molar-refractivity contribution >= 4 is 5.91 Å².